The van der Waals surface area contributed by atoms with Crippen molar-refractivity contribution in [2.75, 3.05) is 26.2 Å². The van der Waals surface area contributed by atoms with Crippen molar-refractivity contribution in [3.8, 4) is 0 Å². The fourth-order valence-electron chi connectivity index (χ4n) is 3.17. The van der Waals surface area contributed by atoms with Crippen molar-refractivity contribution >= 4 is 10.0 Å². The number of aryl methyl sites for hydroxylation is 2. The summed E-state index contributed by atoms with van der Waals surface area (Å²) < 4.78 is 31.2. The average molecular weight is 381 g/mol. The van der Waals surface area contributed by atoms with E-state index in [9.17, 15) is 8.42 Å². The lowest BCUT2D eigenvalue weighted by Crippen LogP contribution is -2.48. The Bertz CT molecular complexity index is 846. The zero-order chi connectivity index (χ0) is 18.9. The summed E-state index contributed by atoms with van der Waals surface area (Å²) in [5.41, 5.74) is 1.73. The van der Waals surface area contributed by atoms with E-state index in [1.807, 2.05) is 30.9 Å². The molecule has 0 radical (unpaired) electrons. The minimum atomic E-state index is -3.49. The van der Waals surface area contributed by atoms with Gasteiger partial charge < -0.3 is 0 Å². The van der Waals surface area contributed by atoms with Gasteiger partial charge in [-0.25, -0.2) is 8.42 Å². The largest absolute Gasteiger partial charge is 0.296 e. The Balaban J connectivity index is 1.65. The van der Waals surface area contributed by atoms with E-state index in [2.05, 4.69) is 22.0 Å². The fraction of sp³-hybridized carbons (Fsp3) is 0.647. The molecule has 0 unspecified atom stereocenters. The van der Waals surface area contributed by atoms with Crippen LogP contribution < -0.4 is 0 Å². The van der Waals surface area contributed by atoms with Gasteiger partial charge in [0.15, 0.2) is 0 Å². The monoisotopic (exact) mass is 380 g/mol. The Kier molecular flexibility index (Phi) is 5.50. The van der Waals surface area contributed by atoms with Gasteiger partial charge in [0.25, 0.3) is 0 Å². The maximum Gasteiger partial charge on any atom is 0.246 e. The van der Waals surface area contributed by atoms with Crippen molar-refractivity contribution in [1.29, 1.82) is 0 Å². The third-order valence-electron chi connectivity index (χ3n) is 4.77. The summed E-state index contributed by atoms with van der Waals surface area (Å²) in [6.07, 6.45) is 5.59. The molecule has 9 heteroatoms. The molecule has 0 spiro atoms. The normalized spacial score (nSPS) is 17.3. The first-order valence-corrected chi connectivity index (χ1v) is 10.5. The van der Waals surface area contributed by atoms with E-state index in [0.29, 0.717) is 36.8 Å². The van der Waals surface area contributed by atoms with Gasteiger partial charge in [0, 0.05) is 63.3 Å². The lowest BCUT2D eigenvalue weighted by Gasteiger charge is -2.33. The second-order valence-corrected chi connectivity index (χ2v) is 8.94. The first-order chi connectivity index (χ1) is 12.3. The van der Waals surface area contributed by atoms with E-state index in [-0.39, 0.29) is 6.04 Å². The van der Waals surface area contributed by atoms with Crippen LogP contribution in [0.15, 0.2) is 23.5 Å². The van der Waals surface area contributed by atoms with Crippen LogP contribution in [0, 0.1) is 6.92 Å². The Morgan fingerprint density at radius 1 is 1.15 bits per heavy atom. The maximum atomic E-state index is 13.0. The molecule has 0 amide bonds. The molecular formula is C17H28N6O2S. The van der Waals surface area contributed by atoms with E-state index in [1.165, 1.54) is 0 Å². The van der Waals surface area contributed by atoms with Crippen LogP contribution in [0.2, 0.25) is 0 Å². The van der Waals surface area contributed by atoms with E-state index in [4.69, 9.17) is 0 Å². The van der Waals surface area contributed by atoms with Gasteiger partial charge >= 0.3 is 0 Å². The van der Waals surface area contributed by atoms with Crippen LogP contribution in [-0.4, -0.2) is 63.4 Å². The highest BCUT2D eigenvalue weighted by Crippen LogP contribution is 2.22. The van der Waals surface area contributed by atoms with Crippen LogP contribution in [0.1, 0.15) is 38.1 Å². The van der Waals surface area contributed by atoms with Gasteiger partial charge in [0.1, 0.15) is 4.90 Å². The first-order valence-electron chi connectivity index (χ1n) is 9.11. The van der Waals surface area contributed by atoms with Crippen molar-refractivity contribution in [2.24, 2.45) is 0 Å². The summed E-state index contributed by atoms with van der Waals surface area (Å²) in [5.74, 6) is 0. The highest BCUT2D eigenvalue weighted by molar-refractivity contribution is 7.89. The molecule has 8 nitrogen and oxygen atoms in total. The van der Waals surface area contributed by atoms with Gasteiger partial charge in [-0.15, -0.1) is 0 Å². The van der Waals surface area contributed by atoms with Gasteiger partial charge in [0.05, 0.1) is 11.9 Å². The SMILES string of the molecule is CCn1cc(CN2CCN(S(=O)(=O)c3cn(C(C)C)nc3C)CC2)cn1. The molecule has 1 aliphatic rings. The Labute approximate surface area is 155 Å². The van der Waals surface area contributed by atoms with Crippen LogP contribution in [0.25, 0.3) is 0 Å². The molecule has 0 bridgehead atoms. The summed E-state index contributed by atoms with van der Waals surface area (Å²) in [4.78, 5) is 2.59. The van der Waals surface area contributed by atoms with Crippen molar-refractivity contribution in [1.82, 2.24) is 28.8 Å². The van der Waals surface area contributed by atoms with Crippen LogP contribution in [-0.2, 0) is 23.1 Å². The van der Waals surface area contributed by atoms with Crippen LogP contribution in [0.5, 0.6) is 0 Å². The molecule has 26 heavy (non-hydrogen) atoms. The zero-order valence-electron chi connectivity index (χ0n) is 16.0. The van der Waals surface area contributed by atoms with Crippen molar-refractivity contribution < 1.29 is 8.42 Å². The second-order valence-electron chi connectivity index (χ2n) is 7.04. The van der Waals surface area contributed by atoms with Gasteiger partial charge in [0.2, 0.25) is 10.0 Å². The average Bonchev–Trinajstić information content (AvgIpc) is 3.22. The molecule has 3 rings (SSSR count). The van der Waals surface area contributed by atoms with Crippen LogP contribution in [0.3, 0.4) is 0 Å². The van der Waals surface area contributed by atoms with E-state index < -0.39 is 10.0 Å². The number of hydrogen-bond acceptors (Lipinski definition) is 5. The molecule has 0 atom stereocenters. The lowest BCUT2D eigenvalue weighted by atomic mass is 10.3. The number of hydrogen-bond donors (Lipinski definition) is 0. The molecule has 0 N–H and O–H groups in total. The minimum absolute atomic E-state index is 0.138. The molecule has 1 aliphatic heterocycles. The number of aromatic nitrogens is 4. The summed E-state index contributed by atoms with van der Waals surface area (Å²) >= 11 is 0. The zero-order valence-corrected chi connectivity index (χ0v) is 16.8. The van der Waals surface area contributed by atoms with Gasteiger partial charge in [-0.1, -0.05) is 0 Å². The first kappa shape index (κ1) is 19.1. The van der Waals surface area contributed by atoms with E-state index >= 15 is 0 Å². The summed E-state index contributed by atoms with van der Waals surface area (Å²) in [5, 5.41) is 8.64. The van der Waals surface area contributed by atoms with E-state index in [1.54, 1.807) is 22.1 Å². The van der Waals surface area contributed by atoms with E-state index in [0.717, 1.165) is 18.7 Å². The number of nitrogens with zero attached hydrogens (tertiary/aromatic N) is 6. The highest BCUT2D eigenvalue weighted by atomic mass is 32.2. The summed E-state index contributed by atoms with van der Waals surface area (Å²) in [7, 11) is -3.49. The Morgan fingerprint density at radius 2 is 1.85 bits per heavy atom. The summed E-state index contributed by atoms with van der Waals surface area (Å²) in [6, 6.07) is 0.138. The molecule has 0 aromatic carbocycles. The third-order valence-corrected chi connectivity index (χ3v) is 6.77. The molecule has 144 valence electrons. The van der Waals surface area contributed by atoms with Crippen molar-refractivity contribution in [3.63, 3.8) is 0 Å². The fourth-order valence-corrected chi connectivity index (χ4v) is 4.75. The quantitative estimate of drug-likeness (QED) is 0.759. The number of piperazine rings is 1. The number of sulfonamides is 1. The standard InChI is InChI=1S/C17H28N6O2S/c1-5-21-12-16(10-18-21)11-20-6-8-22(9-7-20)26(24,25)17-13-23(14(2)3)19-15(17)4/h10,12-14H,5-9,11H2,1-4H3. The lowest BCUT2D eigenvalue weighted by molar-refractivity contribution is 0.181. The second kappa shape index (κ2) is 7.50. The van der Waals surface area contributed by atoms with Crippen LogP contribution in [0.4, 0.5) is 0 Å². The molecule has 2 aromatic rings. The molecular weight excluding hydrogens is 352 g/mol. The van der Waals surface area contributed by atoms with Gasteiger partial charge in [-0.05, 0) is 27.7 Å². The Morgan fingerprint density at radius 3 is 2.38 bits per heavy atom. The molecule has 0 aliphatic carbocycles. The number of rotatable bonds is 6. The van der Waals surface area contributed by atoms with Crippen molar-refractivity contribution in [3.05, 3.63) is 29.8 Å². The third kappa shape index (κ3) is 3.84. The molecule has 0 saturated carbocycles. The summed E-state index contributed by atoms with van der Waals surface area (Å²) in [6.45, 7) is 11.9. The maximum absolute atomic E-state index is 13.0. The topological polar surface area (TPSA) is 76.3 Å². The highest BCUT2D eigenvalue weighted by Gasteiger charge is 2.31. The van der Waals surface area contributed by atoms with Gasteiger partial charge in [-0.3, -0.25) is 14.3 Å². The predicted molar refractivity (Wildman–Crippen MR) is 99.3 cm³/mol. The Hall–Kier alpha value is -1.71. The molecule has 3 heterocycles. The minimum Gasteiger partial charge on any atom is -0.296 e. The van der Waals surface area contributed by atoms with Crippen molar-refractivity contribution in [2.45, 2.75) is 51.7 Å². The van der Waals surface area contributed by atoms with Gasteiger partial charge in [-0.2, -0.15) is 14.5 Å². The molecule has 2 aromatic heterocycles. The van der Waals surface area contributed by atoms with Crippen LogP contribution >= 0.6 is 0 Å². The predicted octanol–water partition coefficient (Wildman–Crippen LogP) is 1.50. The molecule has 1 saturated heterocycles. The molecule has 1 fully saturated rings. The smallest absolute Gasteiger partial charge is 0.246 e.